The van der Waals surface area contributed by atoms with Crippen LogP contribution in [0.25, 0.3) is 22.2 Å². The molecule has 3 aromatic carbocycles. The first-order chi connectivity index (χ1) is 15.1. The van der Waals surface area contributed by atoms with Crippen LogP contribution in [0.15, 0.2) is 71.3 Å². The standard InChI is InChI=1S/C24H19NO6/c1-28-17-9-11-22(29-2)19(13-17)21(26)14-30-24(27)16-8-10-20-18(12-16)23(31-25-20)15-6-4-3-5-7-15/h3-13H,14H2,1-2H3. The third-order valence-corrected chi connectivity index (χ3v) is 4.79. The molecule has 0 unspecified atom stereocenters. The van der Waals surface area contributed by atoms with Crippen LogP contribution >= 0.6 is 0 Å². The molecule has 4 aromatic rings. The lowest BCUT2D eigenvalue weighted by Gasteiger charge is -2.10. The number of benzene rings is 3. The summed E-state index contributed by atoms with van der Waals surface area (Å²) < 4.78 is 21.1. The van der Waals surface area contributed by atoms with Crippen LogP contribution < -0.4 is 9.47 Å². The molecule has 31 heavy (non-hydrogen) atoms. The molecule has 0 aliphatic heterocycles. The lowest BCUT2D eigenvalue weighted by atomic mass is 10.1. The second-order valence-electron chi connectivity index (χ2n) is 6.68. The van der Waals surface area contributed by atoms with Gasteiger partial charge in [0.1, 0.15) is 17.0 Å². The summed E-state index contributed by atoms with van der Waals surface area (Å²) in [6.07, 6.45) is 0. The number of hydrogen-bond acceptors (Lipinski definition) is 7. The van der Waals surface area contributed by atoms with Crippen molar-refractivity contribution < 1.29 is 28.3 Å². The van der Waals surface area contributed by atoms with Crippen LogP contribution in [0.3, 0.4) is 0 Å². The number of carbonyl (C=O) groups is 2. The lowest BCUT2D eigenvalue weighted by molar-refractivity contribution is 0.0474. The van der Waals surface area contributed by atoms with E-state index in [1.807, 2.05) is 30.3 Å². The number of Topliss-reactive ketones (excluding diaryl/α,β-unsaturated/α-hetero) is 1. The van der Waals surface area contributed by atoms with Gasteiger partial charge < -0.3 is 18.7 Å². The second kappa shape index (κ2) is 8.71. The maximum absolute atomic E-state index is 12.6. The third-order valence-electron chi connectivity index (χ3n) is 4.79. The fourth-order valence-corrected chi connectivity index (χ4v) is 3.19. The third kappa shape index (κ3) is 4.11. The molecule has 0 saturated carbocycles. The van der Waals surface area contributed by atoms with E-state index in [9.17, 15) is 9.59 Å². The van der Waals surface area contributed by atoms with Crippen molar-refractivity contribution in [2.75, 3.05) is 20.8 Å². The van der Waals surface area contributed by atoms with E-state index < -0.39 is 18.4 Å². The molecule has 7 heteroatoms. The van der Waals surface area contributed by atoms with Gasteiger partial charge in [-0.1, -0.05) is 35.5 Å². The van der Waals surface area contributed by atoms with Crippen molar-refractivity contribution in [3.05, 3.63) is 77.9 Å². The Morgan fingerprint density at radius 2 is 1.74 bits per heavy atom. The van der Waals surface area contributed by atoms with Gasteiger partial charge in [-0.25, -0.2) is 4.79 Å². The number of hydrogen-bond donors (Lipinski definition) is 0. The van der Waals surface area contributed by atoms with Crippen LogP contribution in [-0.4, -0.2) is 37.7 Å². The zero-order valence-corrected chi connectivity index (χ0v) is 17.0. The predicted molar refractivity (Wildman–Crippen MR) is 114 cm³/mol. The summed E-state index contributed by atoms with van der Waals surface area (Å²) in [7, 11) is 2.96. The normalized spacial score (nSPS) is 10.6. The highest BCUT2D eigenvalue weighted by atomic mass is 16.5. The average Bonchev–Trinajstić information content (AvgIpc) is 3.25. The van der Waals surface area contributed by atoms with Crippen LogP contribution in [0.2, 0.25) is 0 Å². The van der Waals surface area contributed by atoms with E-state index in [2.05, 4.69) is 5.16 Å². The highest BCUT2D eigenvalue weighted by molar-refractivity contribution is 6.03. The quantitative estimate of drug-likeness (QED) is 0.322. The second-order valence-corrected chi connectivity index (χ2v) is 6.68. The summed E-state index contributed by atoms with van der Waals surface area (Å²) in [6.45, 7) is -0.435. The van der Waals surface area contributed by atoms with Crippen molar-refractivity contribution in [3.63, 3.8) is 0 Å². The molecule has 0 bridgehead atoms. The molecule has 1 aromatic heterocycles. The van der Waals surface area contributed by atoms with Gasteiger partial charge in [0, 0.05) is 5.56 Å². The number of nitrogens with zero attached hydrogens (tertiary/aromatic N) is 1. The molecule has 0 fully saturated rings. The minimum absolute atomic E-state index is 0.274. The van der Waals surface area contributed by atoms with Gasteiger partial charge in [0.05, 0.1) is 30.7 Å². The van der Waals surface area contributed by atoms with E-state index in [0.717, 1.165) is 5.56 Å². The Hall–Kier alpha value is -4.13. The Morgan fingerprint density at radius 3 is 2.48 bits per heavy atom. The molecular formula is C24H19NO6. The molecule has 4 rings (SSSR count). The molecule has 0 saturated heterocycles. The van der Waals surface area contributed by atoms with E-state index in [0.29, 0.717) is 33.7 Å². The first-order valence-corrected chi connectivity index (χ1v) is 9.48. The number of fused-ring (bicyclic) bond motifs is 1. The molecule has 0 radical (unpaired) electrons. The number of ketones is 1. The van der Waals surface area contributed by atoms with Gasteiger partial charge in [-0.05, 0) is 36.4 Å². The summed E-state index contributed by atoms with van der Waals surface area (Å²) in [5, 5.41) is 4.72. The highest BCUT2D eigenvalue weighted by Gasteiger charge is 2.18. The van der Waals surface area contributed by atoms with Crippen LogP contribution in [0, 0.1) is 0 Å². The van der Waals surface area contributed by atoms with Crippen LogP contribution in [-0.2, 0) is 4.74 Å². The summed E-state index contributed by atoms with van der Waals surface area (Å²) in [4.78, 5) is 25.2. The Bertz CT molecular complexity index is 1250. The number of ether oxygens (including phenoxy) is 3. The van der Waals surface area contributed by atoms with Crippen LogP contribution in [0.5, 0.6) is 11.5 Å². The summed E-state index contributed by atoms with van der Waals surface area (Å²) in [5.41, 5.74) is 2.03. The molecule has 1 heterocycles. The van der Waals surface area contributed by atoms with E-state index in [4.69, 9.17) is 18.7 Å². The van der Waals surface area contributed by atoms with Gasteiger partial charge in [0.2, 0.25) is 5.78 Å². The molecule has 0 spiro atoms. The number of carbonyl (C=O) groups excluding carboxylic acids is 2. The van der Waals surface area contributed by atoms with E-state index in [1.54, 1.807) is 36.4 Å². The van der Waals surface area contributed by atoms with E-state index in [-0.39, 0.29) is 5.56 Å². The predicted octanol–water partition coefficient (Wildman–Crippen LogP) is 4.55. The molecule has 156 valence electrons. The van der Waals surface area contributed by atoms with Crippen molar-refractivity contribution in [1.82, 2.24) is 5.16 Å². The SMILES string of the molecule is COc1ccc(OC)c(C(=O)COC(=O)c2ccc3noc(-c4ccccc4)c3c2)c1. The van der Waals surface area contributed by atoms with Gasteiger partial charge in [0.25, 0.3) is 0 Å². The summed E-state index contributed by atoms with van der Waals surface area (Å²) >= 11 is 0. The number of esters is 1. The number of aromatic nitrogens is 1. The molecule has 0 amide bonds. The number of rotatable bonds is 7. The first-order valence-electron chi connectivity index (χ1n) is 9.48. The Labute approximate surface area is 178 Å². The number of methoxy groups -OCH3 is 2. The Balaban J connectivity index is 1.53. The topological polar surface area (TPSA) is 87.9 Å². The first kappa shape index (κ1) is 20.2. The van der Waals surface area contributed by atoms with Gasteiger partial charge in [-0.2, -0.15) is 0 Å². The minimum Gasteiger partial charge on any atom is -0.497 e. The zero-order valence-electron chi connectivity index (χ0n) is 17.0. The molecular weight excluding hydrogens is 398 g/mol. The summed E-state index contributed by atoms with van der Waals surface area (Å²) in [6, 6.07) is 19.2. The zero-order chi connectivity index (χ0) is 21.8. The monoisotopic (exact) mass is 417 g/mol. The maximum Gasteiger partial charge on any atom is 0.338 e. The summed E-state index contributed by atoms with van der Waals surface area (Å²) in [5.74, 6) is 0.405. The molecule has 0 atom stereocenters. The Morgan fingerprint density at radius 1 is 0.935 bits per heavy atom. The van der Waals surface area contributed by atoms with Gasteiger partial charge in [-0.3, -0.25) is 4.79 Å². The molecule has 0 N–H and O–H groups in total. The fourth-order valence-electron chi connectivity index (χ4n) is 3.19. The largest absolute Gasteiger partial charge is 0.497 e. The Kier molecular flexibility index (Phi) is 5.66. The molecule has 0 aliphatic rings. The van der Waals surface area contributed by atoms with Gasteiger partial charge in [-0.15, -0.1) is 0 Å². The van der Waals surface area contributed by atoms with Crippen LogP contribution in [0.1, 0.15) is 20.7 Å². The van der Waals surface area contributed by atoms with Crippen molar-refractivity contribution >= 4 is 22.7 Å². The van der Waals surface area contributed by atoms with Crippen molar-refractivity contribution in [1.29, 1.82) is 0 Å². The fraction of sp³-hybridized carbons (Fsp3) is 0.125. The van der Waals surface area contributed by atoms with E-state index in [1.165, 1.54) is 14.2 Å². The maximum atomic E-state index is 12.6. The van der Waals surface area contributed by atoms with E-state index >= 15 is 0 Å². The smallest absolute Gasteiger partial charge is 0.338 e. The van der Waals surface area contributed by atoms with Crippen molar-refractivity contribution in [3.8, 4) is 22.8 Å². The van der Waals surface area contributed by atoms with Crippen molar-refractivity contribution in [2.24, 2.45) is 0 Å². The lowest BCUT2D eigenvalue weighted by Crippen LogP contribution is -2.15. The highest BCUT2D eigenvalue weighted by Crippen LogP contribution is 2.29. The van der Waals surface area contributed by atoms with Gasteiger partial charge >= 0.3 is 5.97 Å². The van der Waals surface area contributed by atoms with Crippen LogP contribution in [0.4, 0.5) is 0 Å². The molecule has 0 aliphatic carbocycles. The average molecular weight is 417 g/mol. The minimum atomic E-state index is -0.627. The molecule has 7 nitrogen and oxygen atoms in total. The van der Waals surface area contributed by atoms with Gasteiger partial charge in [0.15, 0.2) is 12.4 Å². The van der Waals surface area contributed by atoms with Crippen molar-refractivity contribution in [2.45, 2.75) is 0 Å².